The van der Waals surface area contributed by atoms with Gasteiger partial charge in [-0.25, -0.2) is 0 Å². The third-order valence-electron chi connectivity index (χ3n) is 6.44. The number of rotatable bonds is 7. The quantitative estimate of drug-likeness (QED) is 0.345. The second-order valence-electron chi connectivity index (χ2n) is 8.86. The van der Waals surface area contributed by atoms with Gasteiger partial charge in [-0.2, -0.15) is 0 Å². The fraction of sp³-hybridized carbons (Fsp3) is 0.458. The molecular weight excluding hydrogens is 532 g/mol. The van der Waals surface area contributed by atoms with Gasteiger partial charge < -0.3 is 25.6 Å². The highest BCUT2D eigenvalue weighted by atomic mass is 79.9. The van der Waals surface area contributed by atoms with Crippen LogP contribution in [0.1, 0.15) is 46.4 Å². The van der Waals surface area contributed by atoms with Crippen molar-refractivity contribution >= 4 is 44.8 Å². The van der Waals surface area contributed by atoms with Crippen LogP contribution in [0.5, 0.6) is 0 Å². The van der Waals surface area contributed by atoms with Gasteiger partial charge in [-0.05, 0) is 37.8 Å². The predicted octanol–water partition coefficient (Wildman–Crippen LogP) is 3.42. The summed E-state index contributed by atoms with van der Waals surface area (Å²) < 4.78 is 6.08. The summed E-state index contributed by atoms with van der Waals surface area (Å²) in [5.74, 6) is -0.568. The van der Waals surface area contributed by atoms with E-state index in [-0.39, 0.29) is 41.4 Å². The van der Waals surface area contributed by atoms with Crippen molar-refractivity contribution in [2.75, 3.05) is 44.0 Å². The Bertz CT molecular complexity index is 1140. The van der Waals surface area contributed by atoms with E-state index in [0.717, 1.165) is 19.3 Å². The van der Waals surface area contributed by atoms with E-state index in [1.165, 1.54) is 12.3 Å². The minimum absolute atomic E-state index is 0.132. The van der Waals surface area contributed by atoms with Gasteiger partial charge in [0.05, 0.1) is 40.4 Å². The van der Waals surface area contributed by atoms with E-state index in [1.807, 2.05) is 0 Å². The Balaban J connectivity index is 1.62. The summed E-state index contributed by atoms with van der Waals surface area (Å²) in [7, 11) is 1.74. The number of hydrogen-bond donors (Lipinski definition) is 3. The van der Waals surface area contributed by atoms with Crippen molar-refractivity contribution in [3.63, 3.8) is 0 Å². The van der Waals surface area contributed by atoms with Crippen molar-refractivity contribution in [1.29, 1.82) is 0 Å². The highest BCUT2D eigenvalue weighted by molar-refractivity contribution is 9.10. The van der Waals surface area contributed by atoms with Crippen molar-refractivity contribution in [1.82, 2.24) is 15.2 Å². The van der Waals surface area contributed by atoms with Gasteiger partial charge in [0, 0.05) is 49.7 Å². The summed E-state index contributed by atoms with van der Waals surface area (Å²) in [5.41, 5.74) is 1.23. The molecule has 1 aromatic heterocycles. The van der Waals surface area contributed by atoms with Crippen LogP contribution in [-0.2, 0) is 4.74 Å². The molecule has 4 rings (SSSR count). The zero-order chi connectivity index (χ0) is 25.7. The Hall–Kier alpha value is -3.25. The molecular formula is C24H29BrN6O5. The highest BCUT2D eigenvalue weighted by Crippen LogP contribution is 2.35. The third kappa shape index (κ3) is 5.93. The van der Waals surface area contributed by atoms with Crippen molar-refractivity contribution in [2.45, 2.75) is 37.8 Å². The van der Waals surface area contributed by atoms with Gasteiger partial charge in [0.15, 0.2) is 0 Å². The van der Waals surface area contributed by atoms with E-state index in [9.17, 15) is 19.7 Å². The Labute approximate surface area is 217 Å². The molecule has 3 N–H and O–H groups in total. The average Bonchev–Trinajstić information content (AvgIpc) is 2.90. The molecule has 192 valence electrons. The summed E-state index contributed by atoms with van der Waals surface area (Å²) in [6.07, 6.45) is 6.46. The summed E-state index contributed by atoms with van der Waals surface area (Å²) in [6, 6.07) is 3.81. The molecule has 2 aliphatic heterocycles. The molecule has 2 atom stereocenters. The van der Waals surface area contributed by atoms with Gasteiger partial charge in [-0.3, -0.25) is 24.7 Å². The van der Waals surface area contributed by atoms with Crippen LogP contribution in [-0.4, -0.2) is 72.1 Å². The van der Waals surface area contributed by atoms with Crippen LogP contribution in [0.3, 0.4) is 0 Å². The molecule has 0 radical (unpaired) electrons. The molecule has 2 aromatic rings. The SMILES string of the molecule is CNc1cncc(C(=O)NC2CCOCC2Nc2c(C(=O)N3CCCCC3)cc(Br)cc2[N+](=O)[O-])c1. The molecule has 1 aromatic carbocycles. The number of aromatic nitrogens is 1. The topological polar surface area (TPSA) is 139 Å². The molecule has 2 fully saturated rings. The lowest BCUT2D eigenvalue weighted by Gasteiger charge is -2.34. The first-order valence-corrected chi connectivity index (χ1v) is 12.7. The van der Waals surface area contributed by atoms with Crippen molar-refractivity contribution in [2.24, 2.45) is 0 Å². The van der Waals surface area contributed by atoms with E-state index in [0.29, 0.717) is 41.8 Å². The Morgan fingerprint density at radius 2 is 1.94 bits per heavy atom. The van der Waals surface area contributed by atoms with E-state index in [4.69, 9.17) is 4.74 Å². The number of hydrogen-bond acceptors (Lipinski definition) is 8. The lowest BCUT2D eigenvalue weighted by Crippen LogP contribution is -2.52. The van der Waals surface area contributed by atoms with E-state index in [1.54, 1.807) is 30.3 Å². The molecule has 0 bridgehead atoms. The molecule has 0 saturated carbocycles. The monoisotopic (exact) mass is 560 g/mol. The van der Waals surface area contributed by atoms with Gasteiger partial charge in [-0.15, -0.1) is 0 Å². The summed E-state index contributed by atoms with van der Waals surface area (Å²) in [6.45, 7) is 1.87. The smallest absolute Gasteiger partial charge is 0.294 e. The molecule has 0 aliphatic carbocycles. The van der Waals surface area contributed by atoms with Crippen LogP contribution in [0.2, 0.25) is 0 Å². The molecule has 2 amide bonds. The number of nitrogens with zero attached hydrogens (tertiary/aromatic N) is 3. The number of nitrogens with one attached hydrogen (secondary N) is 3. The second kappa shape index (κ2) is 11.7. The molecule has 2 aliphatic rings. The predicted molar refractivity (Wildman–Crippen MR) is 138 cm³/mol. The van der Waals surface area contributed by atoms with E-state index < -0.39 is 11.0 Å². The number of anilines is 2. The first-order valence-electron chi connectivity index (χ1n) is 11.9. The normalized spacial score (nSPS) is 19.9. The zero-order valence-corrected chi connectivity index (χ0v) is 21.5. The maximum atomic E-state index is 13.4. The lowest BCUT2D eigenvalue weighted by molar-refractivity contribution is -0.384. The number of amides is 2. The number of pyridine rings is 1. The number of nitro benzene ring substituents is 1. The fourth-order valence-electron chi connectivity index (χ4n) is 4.52. The van der Waals surface area contributed by atoms with Crippen LogP contribution in [0, 0.1) is 10.1 Å². The number of ether oxygens (including phenoxy) is 1. The second-order valence-corrected chi connectivity index (χ2v) is 9.78. The fourth-order valence-corrected chi connectivity index (χ4v) is 4.96. The van der Waals surface area contributed by atoms with Crippen LogP contribution in [0.4, 0.5) is 17.1 Å². The standard InChI is InChI=1S/C24H29BrN6O5/c1-26-17-9-15(12-27-13-17)23(32)29-19-5-8-36-14-20(19)28-22-18(10-16(25)11-21(22)31(34)35)24(33)30-6-3-2-4-7-30/h9-13,19-20,26,28H,2-8,14H2,1H3,(H,29,32). The number of carbonyl (C=O) groups is 2. The Morgan fingerprint density at radius 1 is 1.17 bits per heavy atom. The zero-order valence-electron chi connectivity index (χ0n) is 20.0. The minimum atomic E-state index is -0.508. The Morgan fingerprint density at radius 3 is 2.67 bits per heavy atom. The largest absolute Gasteiger partial charge is 0.387 e. The van der Waals surface area contributed by atoms with Crippen LogP contribution < -0.4 is 16.0 Å². The molecule has 11 nitrogen and oxygen atoms in total. The van der Waals surface area contributed by atoms with Crippen LogP contribution in [0.15, 0.2) is 35.1 Å². The molecule has 12 heteroatoms. The molecule has 2 unspecified atom stereocenters. The number of likely N-dealkylation sites (tertiary alicyclic amines) is 1. The average molecular weight is 561 g/mol. The van der Waals surface area contributed by atoms with Gasteiger partial charge in [0.1, 0.15) is 5.69 Å². The molecule has 36 heavy (non-hydrogen) atoms. The lowest BCUT2D eigenvalue weighted by atomic mass is 10.0. The maximum absolute atomic E-state index is 13.4. The van der Waals surface area contributed by atoms with Gasteiger partial charge in [0.25, 0.3) is 17.5 Å². The van der Waals surface area contributed by atoms with Gasteiger partial charge in [0.2, 0.25) is 0 Å². The Kier molecular flexibility index (Phi) is 8.36. The van der Waals surface area contributed by atoms with E-state index >= 15 is 0 Å². The van der Waals surface area contributed by atoms with Gasteiger partial charge >= 0.3 is 0 Å². The number of benzene rings is 1. The van der Waals surface area contributed by atoms with Crippen LogP contribution >= 0.6 is 15.9 Å². The third-order valence-corrected chi connectivity index (χ3v) is 6.90. The molecule has 2 saturated heterocycles. The van der Waals surface area contributed by atoms with Gasteiger partial charge in [-0.1, -0.05) is 15.9 Å². The summed E-state index contributed by atoms with van der Waals surface area (Å²) >= 11 is 3.32. The molecule has 3 heterocycles. The van der Waals surface area contributed by atoms with Crippen molar-refractivity contribution < 1.29 is 19.2 Å². The van der Waals surface area contributed by atoms with Crippen molar-refractivity contribution in [3.8, 4) is 0 Å². The summed E-state index contributed by atoms with van der Waals surface area (Å²) in [4.78, 5) is 43.7. The first-order chi connectivity index (χ1) is 17.4. The van der Waals surface area contributed by atoms with Crippen LogP contribution in [0.25, 0.3) is 0 Å². The molecule has 0 spiro atoms. The highest BCUT2D eigenvalue weighted by Gasteiger charge is 2.33. The minimum Gasteiger partial charge on any atom is -0.387 e. The summed E-state index contributed by atoms with van der Waals surface area (Å²) in [5, 5.41) is 21.1. The number of carbonyl (C=O) groups excluding carboxylic acids is 2. The maximum Gasteiger partial charge on any atom is 0.294 e. The first kappa shape index (κ1) is 25.8. The number of halogens is 1. The van der Waals surface area contributed by atoms with E-state index in [2.05, 4.69) is 36.9 Å². The number of nitro groups is 1. The number of piperidine rings is 1. The van der Waals surface area contributed by atoms with Crippen molar-refractivity contribution in [3.05, 3.63) is 56.3 Å².